The molecule has 0 spiro atoms. The number of aliphatic imine (C=N–C) groups is 1. The highest BCUT2D eigenvalue weighted by Crippen LogP contribution is 2.29. The molecule has 0 radical (unpaired) electrons. The molecular formula is C14H19ClF2IN3O. The second-order valence-electron chi connectivity index (χ2n) is 5.02. The summed E-state index contributed by atoms with van der Waals surface area (Å²) in [7, 11) is 1.66. The van der Waals surface area contributed by atoms with Crippen LogP contribution in [0, 0.1) is 5.92 Å². The Labute approximate surface area is 150 Å². The number of benzene rings is 1. The molecule has 0 aromatic heterocycles. The van der Waals surface area contributed by atoms with Gasteiger partial charge in [-0.25, -0.2) is 0 Å². The Morgan fingerprint density at radius 2 is 2.18 bits per heavy atom. The third kappa shape index (κ3) is 5.75. The highest BCUT2D eigenvalue weighted by Gasteiger charge is 2.33. The van der Waals surface area contributed by atoms with E-state index in [1.54, 1.807) is 13.1 Å². The summed E-state index contributed by atoms with van der Waals surface area (Å²) >= 11 is 5.90. The fourth-order valence-corrected chi connectivity index (χ4v) is 2.16. The van der Waals surface area contributed by atoms with Crippen molar-refractivity contribution in [1.82, 2.24) is 10.6 Å². The van der Waals surface area contributed by atoms with Crippen molar-refractivity contribution in [3.8, 4) is 5.75 Å². The van der Waals surface area contributed by atoms with Crippen LogP contribution in [-0.2, 0) is 6.54 Å². The van der Waals surface area contributed by atoms with Crippen molar-refractivity contribution in [2.45, 2.75) is 32.5 Å². The standard InChI is InChI=1S/C14H18ClF2N3O.HI/c1-8-5-11(8)20-14(18-2)19-7-9-6-10(15)3-4-12(9)21-13(16)17;/h3-4,6,8,11,13H,5,7H2,1-2H3,(H2,18,19,20);1H. The van der Waals surface area contributed by atoms with Crippen LogP contribution in [0.2, 0.25) is 5.02 Å². The van der Waals surface area contributed by atoms with Crippen molar-refractivity contribution < 1.29 is 13.5 Å². The van der Waals surface area contributed by atoms with E-state index in [1.165, 1.54) is 12.1 Å². The lowest BCUT2D eigenvalue weighted by Crippen LogP contribution is -2.38. The van der Waals surface area contributed by atoms with Crippen LogP contribution in [0.3, 0.4) is 0 Å². The summed E-state index contributed by atoms with van der Waals surface area (Å²) in [6, 6.07) is 4.97. The molecule has 2 atom stereocenters. The predicted molar refractivity (Wildman–Crippen MR) is 94.4 cm³/mol. The lowest BCUT2D eigenvalue weighted by atomic mass is 10.2. The van der Waals surface area contributed by atoms with Crippen LogP contribution in [0.5, 0.6) is 5.75 Å². The minimum absolute atomic E-state index is 0. The highest BCUT2D eigenvalue weighted by molar-refractivity contribution is 14.0. The SMILES string of the molecule is CN=C(NCc1cc(Cl)ccc1OC(F)F)NC1CC1C.I. The minimum Gasteiger partial charge on any atom is -0.434 e. The van der Waals surface area contributed by atoms with Gasteiger partial charge in [-0.15, -0.1) is 24.0 Å². The van der Waals surface area contributed by atoms with Gasteiger partial charge in [-0.05, 0) is 30.5 Å². The number of halogens is 4. The van der Waals surface area contributed by atoms with E-state index in [9.17, 15) is 8.78 Å². The van der Waals surface area contributed by atoms with E-state index in [0.717, 1.165) is 6.42 Å². The van der Waals surface area contributed by atoms with E-state index in [2.05, 4.69) is 27.3 Å². The maximum atomic E-state index is 12.4. The van der Waals surface area contributed by atoms with Crippen molar-refractivity contribution in [1.29, 1.82) is 0 Å². The van der Waals surface area contributed by atoms with Crippen molar-refractivity contribution >= 4 is 41.5 Å². The molecule has 1 saturated carbocycles. The number of rotatable bonds is 5. The molecule has 22 heavy (non-hydrogen) atoms. The van der Waals surface area contributed by atoms with Crippen LogP contribution >= 0.6 is 35.6 Å². The molecule has 0 aliphatic heterocycles. The number of alkyl halides is 2. The average Bonchev–Trinajstić information content (AvgIpc) is 3.12. The Morgan fingerprint density at radius 1 is 1.50 bits per heavy atom. The smallest absolute Gasteiger partial charge is 0.387 e. The first-order chi connectivity index (χ1) is 9.99. The normalized spacial score (nSPS) is 20.4. The third-order valence-electron chi connectivity index (χ3n) is 3.34. The van der Waals surface area contributed by atoms with Crippen LogP contribution < -0.4 is 15.4 Å². The van der Waals surface area contributed by atoms with Gasteiger partial charge in [-0.3, -0.25) is 4.99 Å². The van der Waals surface area contributed by atoms with Gasteiger partial charge in [-0.2, -0.15) is 8.78 Å². The molecule has 2 N–H and O–H groups in total. The topological polar surface area (TPSA) is 45.7 Å². The Balaban J connectivity index is 0.00000242. The molecular weight excluding hydrogens is 427 g/mol. The van der Waals surface area contributed by atoms with Gasteiger partial charge in [0.25, 0.3) is 0 Å². The van der Waals surface area contributed by atoms with E-state index in [4.69, 9.17) is 11.6 Å². The maximum Gasteiger partial charge on any atom is 0.387 e. The predicted octanol–water partition coefficient (Wildman–Crippen LogP) is 3.63. The lowest BCUT2D eigenvalue weighted by Gasteiger charge is -2.14. The maximum absolute atomic E-state index is 12.4. The van der Waals surface area contributed by atoms with Gasteiger partial charge in [0.15, 0.2) is 5.96 Å². The van der Waals surface area contributed by atoms with Crippen LogP contribution in [0.15, 0.2) is 23.2 Å². The Kier molecular flexibility index (Phi) is 7.61. The summed E-state index contributed by atoms with van der Waals surface area (Å²) < 4.78 is 29.2. The van der Waals surface area contributed by atoms with Gasteiger partial charge >= 0.3 is 6.61 Å². The van der Waals surface area contributed by atoms with E-state index >= 15 is 0 Å². The van der Waals surface area contributed by atoms with E-state index in [0.29, 0.717) is 35.1 Å². The summed E-state index contributed by atoms with van der Waals surface area (Å²) in [5.74, 6) is 1.37. The number of nitrogens with one attached hydrogen (secondary N) is 2. The zero-order valence-corrected chi connectivity index (χ0v) is 15.4. The molecule has 8 heteroatoms. The van der Waals surface area contributed by atoms with Crippen molar-refractivity contribution in [3.63, 3.8) is 0 Å². The molecule has 1 aliphatic carbocycles. The molecule has 0 heterocycles. The van der Waals surface area contributed by atoms with Crippen molar-refractivity contribution in [3.05, 3.63) is 28.8 Å². The number of hydrogen-bond donors (Lipinski definition) is 2. The second-order valence-corrected chi connectivity index (χ2v) is 5.46. The Hall–Kier alpha value is -0.830. The Morgan fingerprint density at radius 3 is 2.73 bits per heavy atom. The molecule has 1 aromatic carbocycles. The quantitative estimate of drug-likeness (QED) is 0.413. The first-order valence-electron chi connectivity index (χ1n) is 6.70. The van der Waals surface area contributed by atoms with Crippen molar-refractivity contribution in [2.75, 3.05) is 7.05 Å². The first kappa shape index (κ1) is 19.2. The third-order valence-corrected chi connectivity index (χ3v) is 3.58. The number of nitrogens with zero attached hydrogens (tertiary/aromatic N) is 1. The Bertz CT molecular complexity index is 531. The van der Waals surface area contributed by atoms with Crippen LogP contribution in [0.1, 0.15) is 18.9 Å². The summed E-state index contributed by atoms with van der Waals surface area (Å²) in [4.78, 5) is 4.10. The monoisotopic (exact) mass is 445 g/mol. The highest BCUT2D eigenvalue weighted by atomic mass is 127. The zero-order valence-electron chi connectivity index (χ0n) is 12.3. The molecule has 2 unspecified atom stereocenters. The fraction of sp³-hybridized carbons (Fsp3) is 0.500. The largest absolute Gasteiger partial charge is 0.434 e. The fourth-order valence-electron chi connectivity index (χ4n) is 1.97. The molecule has 0 saturated heterocycles. The van der Waals surface area contributed by atoms with Crippen LogP contribution in [0.25, 0.3) is 0 Å². The number of ether oxygens (including phenoxy) is 1. The summed E-state index contributed by atoms with van der Waals surface area (Å²) in [6.45, 7) is -0.422. The van der Waals surface area contributed by atoms with Crippen LogP contribution in [-0.4, -0.2) is 25.7 Å². The van der Waals surface area contributed by atoms with Gasteiger partial charge in [0, 0.05) is 30.2 Å². The lowest BCUT2D eigenvalue weighted by molar-refractivity contribution is -0.0504. The van der Waals surface area contributed by atoms with Crippen LogP contribution in [0.4, 0.5) is 8.78 Å². The minimum atomic E-state index is -2.87. The number of guanidine groups is 1. The van der Waals surface area contributed by atoms with Gasteiger partial charge in [0.2, 0.25) is 0 Å². The molecule has 1 aliphatic rings. The van der Waals surface area contributed by atoms with Gasteiger partial charge in [-0.1, -0.05) is 18.5 Å². The zero-order chi connectivity index (χ0) is 15.4. The average molecular weight is 446 g/mol. The molecule has 0 amide bonds. The van der Waals surface area contributed by atoms with E-state index in [-0.39, 0.29) is 29.7 Å². The molecule has 2 rings (SSSR count). The van der Waals surface area contributed by atoms with E-state index in [1.807, 2.05) is 0 Å². The summed E-state index contributed by atoms with van der Waals surface area (Å²) in [6.07, 6.45) is 1.11. The van der Waals surface area contributed by atoms with E-state index < -0.39 is 6.61 Å². The molecule has 0 bridgehead atoms. The second kappa shape index (κ2) is 8.71. The summed E-state index contributed by atoms with van der Waals surface area (Å²) in [5.41, 5.74) is 0.551. The first-order valence-corrected chi connectivity index (χ1v) is 7.08. The molecule has 1 fully saturated rings. The van der Waals surface area contributed by atoms with Gasteiger partial charge < -0.3 is 15.4 Å². The van der Waals surface area contributed by atoms with Gasteiger partial charge in [0.1, 0.15) is 5.75 Å². The summed E-state index contributed by atoms with van der Waals surface area (Å²) in [5, 5.41) is 6.79. The van der Waals surface area contributed by atoms with Gasteiger partial charge in [0.05, 0.1) is 0 Å². The molecule has 4 nitrogen and oxygen atoms in total. The molecule has 1 aromatic rings. The molecule has 124 valence electrons. The van der Waals surface area contributed by atoms with Crippen molar-refractivity contribution in [2.24, 2.45) is 10.9 Å². The number of hydrogen-bond acceptors (Lipinski definition) is 2.